The molecule has 2 aliphatic heterocycles. The van der Waals surface area contributed by atoms with Gasteiger partial charge in [0.25, 0.3) is 11.7 Å². The molecule has 2 fully saturated rings. The van der Waals surface area contributed by atoms with Crippen LogP contribution < -0.4 is 4.74 Å². The number of carbonyl (C=O) groups is 2. The SMILES string of the molecule is COc1ccc(/C(O)=C2\C(=O)C(=O)N(CCN3CCOCC3)[C@H]2c2ccc(Cl)cc2Cl)cc1C. The molecule has 2 aromatic rings. The second kappa shape index (κ2) is 10.4. The van der Waals surface area contributed by atoms with Crippen molar-refractivity contribution in [1.82, 2.24) is 9.80 Å². The molecule has 0 bridgehead atoms. The zero-order valence-corrected chi connectivity index (χ0v) is 20.5. The van der Waals surface area contributed by atoms with Crippen LogP contribution >= 0.6 is 23.2 Å². The van der Waals surface area contributed by atoms with Gasteiger partial charge in [-0.2, -0.15) is 0 Å². The number of aliphatic hydroxyl groups is 1. The number of aryl methyl sites for hydroxylation is 1. The average molecular weight is 505 g/mol. The van der Waals surface area contributed by atoms with Crippen LogP contribution in [0, 0.1) is 6.92 Å². The summed E-state index contributed by atoms with van der Waals surface area (Å²) in [6.45, 7) is 5.46. The van der Waals surface area contributed by atoms with E-state index in [1.807, 2.05) is 6.92 Å². The molecule has 9 heteroatoms. The first-order valence-electron chi connectivity index (χ1n) is 11.0. The van der Waals surface area contributed by atoms with Gasteiger partial charge < -0.3 is 19.5 Å². The third-order valence-corrected chi connectivity index (χ3v) is 6.79. The number of halogens is 2. The molecule has 0 saturated carbocycles. The van der Waals surface area contributed by atoms with E-state index in [2.05, 4.69) is 4.90 Å². The maximum atomic E-state index is 13.2. The number of morpholine rings is 1. The third-order valence-electron chi connectivity index (χ3n) is 6.23. The molecule has 0 spiro atoms. The smallest absolute Gasteiger partial charge is 0.295 e. The van der Waals surface area contributed by atoms with Gasteiger partial charge in [0.2, 0.25) is 0 Å². The van der Waals surface area contributed by atoms with Crippen LogP contribution in [0.25, 0.3) is 5.76 Å². The second-order valence-corrected chi connectivity index (χ2v) is 9.14. The number of hydrogen-bond donors (Lipinski definition) is 1. The molecule has 0 aromatic heterocycles. The van der Waals surface area contributed by atoms with Crippen molar-refractivity contribution in [1.29, 1.82) is 0 Å². The largest absolute Gasteiger partial charge is 0.507 e. The van der Waals surface area contributed by atoms with Gasteiger partial charge in [0.05, 0.1) is 31.9 Å². The van der Waals surface area contributed by atoms with Crippen LogP contribution in [0.2, 0.25) is 10.0 Å². The van der Waals surface area contributed by atoms with Crippen LogP contribution in [0.5, 0.6) is 5.75 Å². The number of amides is 1. The van der Waals surface area contributed by atoms with Crippen LogP contribution in [-0.2, 0) is 14.3 Å². The standard InChI is InChI=1S/C25H26Cl2N2O5/c1-15-13-16(3-6-20(15)33-2)23(30)21-22(18-5-4-17(26)14-19(18)27)29(25(32)24(21)31)8-7-28-9-11-34-12-10-28/h3-6,13-14,22,30H,7-12H2,1-2H3/b23-21+/t22-/m0/s1. The van der Waals surface area contributed by atoms with Crippen molar-refractivity contribution in [2.24, 2.45) is 0 Å². The lowest BCUT2D eigenvalue weighted by atomic mass is 9.94. The van der Waals surface area contributed by atoms with Gasteiger partial charge in [0.15, 0.2) is 0 Å². The van der Waals surface area contributed by atoms with E-state index in [1.54, 1.807) is 43.5 Å². The summed E-state index contributed by atoms with van der Waals surface area (Å²) in [6, 6.07) is 9.16. The summed E-state index contributed by atoms with van der Waals surface area (Å²) < 4.78 is 10.7. The van der Waals surface area contributed by atoms with Crippen LogP contribution in [0.1, 0.15) is 22.7 Å². The Bertz CT molecular complexity index is 1140. The predicted molar refractivity (Wildman–Crippen MR) is 130 cm³/mol. The highest BCUT2D eigenvalue weighted by Gasteiger charge is 2.46. The summed E-state index contributed by atoms with van der Waals surface area (Å²) in [5.41, 5.74) is 1.73. The minimum Gasteiger partial charge on any atom is -0.507 e. The molecule has 0 aliphatic carbocycles. The number of likely N-dealkylation sites (tertiary alicyclic amines) is 1. The summed E-state index contributed by atoms with van der Waals surface area (Å²) in [7, 11) is 1.56. The van der Waals surface area contributed by atoms with Crippen molar-refractivity contribution in [3.05, 3.63) is 68.7 Å². The molecular formula is C25H26Cl2N2O5. The summed E-state index contributed by atoms with van der Waals surface area (Å²) in [5.74, 6) is -1.02. The highest BCUT2D eigenvalue weighted by molar-refractivity contribution is 6.47. The third kappa shape index (κ3) is 4.79. The lowest BCUT2D eigenvalue weighted by Gasteiger charge is -2.31. The Labute approximate surface area is 208 Å². The molecule has 1 atom stereocenters. The van der Waals surface area contributed by atoms with E-state index in [-0.39, 0.29) is 11.3 Å². The van der Waals surface area contributed by atoms with Crippen molar-refractivity contribution in [3.63, 3.8) is 0 Å². The van der Waals surface area contributed by atoms with Crippen LogP contribution in [0.4, 0.5) is 0 Å². The first-order chi connectivity index (χ1) is 16.3. The molecule has 0 unspecified atom stereocenters. The highest BCUT2D eigenvalue weighted by atomic mass is 35.5. The van der Waals surface area contributed by atoms with Crippen molar-refractivity contribution >= 4 is 40.7 Å². The molecule has 34 heavy (non-hydrogen) atoms. The number of aliphatic hydroxyl groups excluding tert-OH is 1. The number of ether oxygens (including phenoxy) is 2. The molecule has 7 nitrogen and oxygen atoms in total. The van der Waals surface area contributed by atoms with Gasteiger partial charge in [-0.1, -0.05) is 29.3 Å². The number of carbonyl (C=O) groups excluding carboxylic acids is 2. The van der Waals surface area contributed by atoms with Gasteiger partial charge in [-0.05, 0) is 48.4 Å². The lowest BCUT2D eigenvalue weighted by molar-refractivity contribution is -0.140. The van der Waals surface area contributed by atoms with Gasteiger partial charge >= 0.3 is 0 Å². The fourth-order valence-electron chi connectivity index (χ4n) is 4.41. The number of hydrogen-bond acceptors (Lipinski definition) is 6. The van der Waals surface area contributed by atoms with E-state index in [4.69, 9.17) is 32.7 Å². The summed E-state index contributed by atoms with van der Waals surface area (Å²) in [6.07, 6.45) is 0. The quantitative estimate of drug-likeness (QED) is 0.363. The molecule has 1 N–H and O–H groups in total. The van der Waals surface area contributed by atoms with E-state index < -0.39 is 17.7 Å². The van der Waals surface area contributed by atoms with E-state index in [1.165, 1.54) is 4.90 Å². The molecule has 4 rings (SSSR count). The normalized spacial score (nSPS) is 20.7. The summed E-state index contributed by atoms with van der Waals surface area (Å²) in [4.78, 5) is 30.0. The Morgan fingerprint density at radius 1 is 1.12 bits per heavy atom. The second-order valence-electron chi connectivity index (χ2n) is 8.30. The molecule has 2 heterocycles. The van der Waals surface area contributed by atoms with Crippen molar-refractivity contribution in [3.8, 4) is 5.75 Å². The van der Waals surface area contributed by atoms with E-state index in [9.17, 15) is 14.7 Å². The molecular weight excluding hydrogens is 479 g/mol. The summed E-state index contributed by atoms with van der Waals surface area (Å²) >= 11 is 12.6. The Morgan fingerprint density at radius 3 is 2.50 bits per heavy atom. The Balaban J connectivity index is 1.78. The minimum absolute atomic E-state index is 0.000710. The van der Waals surface area contributed by atoms with Gasteiger partial charge in [-0.3, -0.25) is 14.5 Å². The molecule has 1 amide bonds. The number of Topliss-reactive ketones (excluding diaryl/α,β-unsaturated/α-hetero) is 1. The monoisotopic (exact) mass is 504 g/mol. The topological polar surface area (TPSA) is 79.3 Å². The molecule has 0 radical (unpaired) electrons. The summed E-state index contributed by atoms with van der Waals surface area (Å²) in [5, 5.41) is 12.0. The van der Waals surface area contributed by atoms with E-state index in [0.29, 0.717) is 53.2 Å². The van der Waals surface area contributed by atoms with Crippen LogP contribution in [0.3, 0.4) is 0 Å². The predicted octanol–water partition coefficient (Wildman–Crippen LogP) is 4.06. The molecule has 2 aliphatic rings. The minimum atomic E-state index is -0.840. The first kappa shape index (κ1) is 24.5. The fourth-order valence-corrected chi connectivity index (χ4v) is 4.92. The van der Waals surface area contributed by atoms with Gasteiger partial charge in [-0.25, -0.2) is 0 Å². The van der Waals surface area contributed by atoms with E-state index >= 15 is 0 Å². The maximum Gasteiger partial charge on any atom is 0.295 e. The van der Waals surface area contributed by atoms with Crippen LogP contribution in [-0.4, -0.2) is 73.1 Å². The zero-order chi connectivity index (χ0) is 24.4. The van der Waals surface area contributed by atoms with Crippen molar-refractivity contribution in [2.45, 2.75) is 13.0 Å². The highest BCUT2D eigenvalue weighted by Crippen LogP contribution is 2.42. The van der Waals surface area contributed by atoms with Crippen molar-refractivity contribution < 1.29 is 24.2 Å². The number of nitrogens with zero attached hydrogens (tertiary/aromatic N) is 2. The Kier molecular flexibility index (Phi) is 7.48. The zero-order valence-electron chi connectivity index (χ0n) is 19.0. The molecule has 2 aromatic carbocycles. The first-order valence-corrected chi connectivity index (χ1v) is 11.8. The fraction of sp³-hybridized carbons (Fsp3) is 0.360. The molecule has 180 valence electrons. The van der Waals surface area contributed by atoms with Gasteiger partial charge in [0, 0.05) is 41.8 Å². The van der Waals surface area contributed by atoms with Gasteiger partial charge in [-0.15, -0.1) is 0 Å². The average Bonchev–Trinajstić information content (AvgIpc) is 3.07. The van der Waals surface area contributed by atoms with Crippen molar-refractivity contribution in [2.75, 3.05) is 46.5 Å². The Hall–Kier alpha value is -2.58. The number of rotatable bonds is 6. The van der Waals surface area contributed by atoms with Gasteiger partial charge in [0.1, 0.15) is 11.5 Å². The van der Waals surface area contributed by atoms with E-state index in [0.717, 1.165) is 18.7 Å². The number of benzene rings is 2. The maximum absolute atomic E-state index is 13.2. The molecule has 2 saturated heterocycles. The Morgan fingerprint density at radius 2 is 1.85 bits per heavy atom. The van der Waals surface area contributed by atoms with Crippen LogP contribution in [0.15, 0.2) is 42.0 Å². The number of methoxy groups -OCH3 is 1. The number of ketones is 1. The lowest BCUT2D eigenvalue weighted by Crippen LogP contribution is -2.42.